The number of fused-ring (bicyclic) bond motifs is 3. The van der Waals surface area contributed by atoms with Crippen LogP contribution in [0, 0.1) is 24.0 Å². The molecule has 1 aliphatic carbocycles. The fraction of sp³-hybridized carbons (Fsp3) is 0.486. The van der Waals surface area contributed by atoms with E-state index in [-0.39, 0.29) is 53.5 Å². The molecule has 4 fully saturated rings. The van der Waals surface area contributed by atoms with Crippen molar-refractivity contribution in [2.24, 2.45) is 0 Å². The quantitative estimate of drug-likeness (QED) is 0.257. The number of pyridine rings is 1. The number of hydrogen-bond acceptors (Lipinski definition) is 8. The Morgan fingerprint density at radius 1 is 1.06 bits per heavy atom. The Morgan fingerprint density at radius 2 is 1.98 bits per heavy atom. The highest BCUT2D eigenvalue weighted by Gasteiger charge is 2.49. The van der Waals surface area contributed by atoms with Gasteiger partial charge in [-0.2, -0.15) is 9.97 Å². The van der Waals surface area contributed by atoms with Crippen LogP contribution in [-0.4, -0.2) is 82.5 Å². The maximum Gasteiger partial charge on any atom is 0.319 e. The van der Waals surface area contributed by atoms with Crippen molar-refractivity contribution >= 4 is 27.5 Å². The molecule has 2 aromatic carbocycles. The van der Waals surface area contributed by atoms with Crippen LogP contribution in [0.15, 0.2) is 30.3 Å². The number of anilines is 1. The Balaban J connectivity index is 1.24. The molecule has 5 aliphatic rings. The smallest absolute Gasteiger partial charge is 0.319 e. The number of halogens is 3. The highest BCUT2D eigenvalue weighted by molar-refractivity contribution is 6.03. The first-order valence-corrected chi connectivity index (χ1v) is 17.2. The molecule has 0 radical (unpaired) electrons. The summed E-state index contributed by atoms with van der Waals surface area (Å²) in [4.78, 5) is 18.9. The van der Waals surface area contributed by atoms with E-state index in [1.165, 1.54) is 6.07 Å². The van der Waals surface area contributed by atoms with E-state index in [0.29, 0.717) is 47.1 Å². The Morgan fingerprint density at radius 3 is 2.83 bits per heavy atom. The summed E-state index contributed by atoms with van der Waals surface area (Å²) in [7, 11) is 0. The zero-order chi connectivity index (χ0) is 32.6. The first kappa shape index (κ1) is 30.0. The van der Waals surface area contributed by atoms with Crippen molar-refractivity contribution in [2.45, 2.75) is 81.3 Å². The molecule has 248 valence electrons. The molecule has 0 bridgehead atoms. The standard InChI is InChI=1S/C37H37F3N6O2/c1-2-24-26(39)13-12-21-7-3-9-25(29(21)24)32-31(40)33-30-34(44-36(43-33)47-20-37-14-6-16-45(37)18-22(38)17-37)46(19-23-8-5-15-41-23)27-10-4-11-28(27)48-35(30)42-32/h1,3,7,9,12-13,22-23,27-28,41H,4-6,8,10-11,14-20H2/t22-,23-,27+,28+,37+/m1/s1. The molecule has 6 heterocycles. The van der Waals surface area contributed by atoms with Gasteiger partial charge in [-0.1, -0.05) is 30.2 Å². The maximum absolute atomic E-state index is 17.2. The van der Waals surface area contributed by atoms with Crippen LogP contribution in [0.25, 0.3) is 32.9 Å². The van der Waals surface area contributed by atoms with Gasteiger partial charge in [-0.15, -0.1) is 6.42 Å². The van der Waals surface area contributed by atoms with Gasteiger partial charge < -0.3 is 19.7 Å². The molecule has 0 amide bonds. The third-order valence-corrected chi connectivity index (χ3v) is 11.3. The number of hydrogen-bond donors (Lipinski definition) is 1. The Labute approximate surface area is 277 Å². The van der Waals surface area contributed by atoms with Crippen LogP contribution in [0.5, 0.6) is 11.9 Å². The molecule has 9 rings (SSSR count). The normalized spacial score (nSPS) is 28.0. The van der Waals surface area contributed by atoms with Crippen LogP contribution in [0.4, 0.5) is 19.0 Å². The van der Waals surface area contributed by atoms with E-state index in [9.17, 15) is 4.39 Å². The van der Waals surface area contributed by atoms with Crippen LogP contribution < -0.4 is 19.7 Å². The molecular formula is C37H37F3N6O2. The lowest BCUT2D eigenvalue weighted by molar-refractivity contribution is 0.107. The van der Waals surface area contributed by atoms with Gasteiger partial charge in [0.1, 0.15) is 47.1 Å². The summed E-state index contributed by atoms with van der Waals surface area (Å²) in [6.45, 7) is 3.06. The number of nitrogens with zero attached hydrogens (tertiary/aromatic N) is 5. The van der Waals surface area contributed by atoms with Gasteiger partial charge >= 0.3 is 6.01 Å². The molecule has 5 atom stereocenters. The maximum atomic E-state index is 17.2. The van der Waals surface area contributed by atoms with E-state index in [1.807, 2.05) is 6.07 Å². The number of aromatic nitrogens is 3. The third kappa shape index (κ3) is 4.71. The molecular weight excluding hydrogens is 617 g/mol. The lowest BCUT2D eigenvalue weighted by Crippen LogP contribution is -2.48. The van der Waals surface area contributed by atoms with E-state index in [2.05, 4.69) is 21.0 Å². The first-order chi connectivity index (χ1) is 23.4. The molecule has 3 saturated heterocycles. The Bertz CT molecular complexity index is 1980. The van der Waals surface area contributed by atoms with Gasteiger partial charge in [0.25, 0.3) is 0 Å². The fourth-order valence-electron chi connectivity index (χ4n) is 9.05. The van der Waals surface area contributed by atoms with Crippen molar-refractivity contribution in [2.75, 3.05) is 37.7 Å². The second kappa shape index (κ2) is 11.5. The van der Waals surface area contributed by atoms with Gasteiger partial charge in [0, 0.05) is 36.5 Å². The van der Waals surface area contributed by atoms with Crippen molar-refractivity contribution in [3.8, 4) is 35.5 Å². The van der Waals surface area contributed by atoms with E-state index in [1.54, 1.807) is 18.2 Å². The van der Waals surface area contributed by atoms with Gasteiger partial charge in [-0.25, -0.2) is 18.2 Å². The molecule has 0 unspecified atom stereocenters. The van der Waals surface area contributed by atoms with Crippen molar-refractivity contribution < 1.29 is 22.6 Å². The predicted molar refractivity (Wildman–Crippen MR) is 177 cm³/mol. The molecule has 4 aliphatic heterocycles. The summed E-state index contributed by atoms with van der Waals surface area (Å²) in [5, 5.41) is 5.06. The van der Waals surface area contributed by atoms with E-state index < -0.39 is 23.3 Å². The number of rotatable bonds is 6. The predicted octanol–water partition coefficient (Wildman–Crippen LogP) is 5.93. The van der Waals surface area contributed by atoms with E-state index in [0.717, 1.165) is 58.0 Å². The van der Waals surface area contributed by atoms with Crippen LogP contribution >= 0.6 is 0 Å². The first-order valence-electron chi connectivity index (χ1n) is 17.2. The zero-order valence-corrected chi connectivity index (χ0v) is 26.7. The molecule has 0 spiro atoms. The number of ether oxygens (including phenoxy) is 2. The average Bonchev–Trinajstić information content (AvgIpc) is 3.88. The van der Waals surface area contributed by atoms with E-state index >= 15 is 8.78 Å². The average molecular weight is 655 g/mol. The molecule has 1 saturated carbocycles. The monoisotopic (exact) mass is 654 g/mol. The SMILES string of the molecule is C#Cc1c(F)ccc2cccc(-c3nc4c5c(nc(OC[C@@]67CCCN6C[C@H](F)C7)nc5c3F)N(C[C@H]3CCCN3)[C@H]3CCC[C@@H]3O4)c12. The minimum atomic E-state index is -0.908. The number of terminal acetylenes is 1. The van der Waals surface area contributed by atoms with Gasteiger partial charge in [0.15, 0.2) is 5.82 Å². The highest BCUT2D eigenvalue weighted by atomic mass is 19.1. The van der Waals surface area contributed by atoms with Crippen molar-refractivity contribution in [3.63, 3.8) is 0 Å². The van der Waals surface area contributed by atoms with Crippen LogP contribution in [0.2, 0.25) is 0 Å². The van der Waals surface area contributed by atoms with Crippen LogP contribution in [0.3, 0.4) is 0 Å². The summed E-state index contributed by atoms with van der Waals surface area (Å²) < 4.78 is 59.9. The summed E-state index contributed by atoms with van der Waals surface area (Å²) >= 11 is 0. The number of nitrogens with one attached hydrogen (secondary N) is 1. The summed E-state index contributed by atoms with van der Waals surface area (Å²) in [6, 6.07) is 8.52. The highest BCUT2D eigenvalue weighted by Crippen LogP contribution is 2.46. The van der Waals surface area contributed by atoms with Gasteiger partial charge in [-0.3, -0.25) is 4.90 Å². The third-order valence-electron chi connectivity index (χ3n) is 11.3. The lowest BCUT2D eigenvalue weighted by Gasteiger charge is -2.34. The number of benzene rings is 2. The van der Waals surface area contributed by atoms with Gasteiger partial charge in [-0.05, 0) is 69.5 Å². The van der Waals surface area contributed by atoms with Crippen LogP contribution in [-0.2, 0) is 0 Å². The van der Waals surface area contributed by atoms with Gasteiger partial charge in [0.2, 0.25) is 5.88 Å². The summed E-state index contributed by atoms with van der Waals surface area (Å²) in [5.74, 6) is 1.98. The Hall–Kier alpha value is -4.14. The largest absolute Gasteiger partial charge is 0.472 e. The molecule has 11 heteroatoms. The molecule has 4 aromatic rings. The van der Waals surface area contributed by atoms with Crippen molar-refractivity contribution in [1.29, 1.82) is 0 Å². The minimum Gasteiger partial charge on any atom is -0.472 e. The van der Waals surface area contributed by atoms with Crippen molar-refractivity contribution in [3.05, 3.63) is 47.5 Å². The molecule has 48 heavy (non-hydrogen) atoms. The minimum absolute atomic E-state index is 0.00445. The van der Waals surface area contributed by atoms with Gasteiger partial charge in [0.05, 0.1) is 17.1 Å². The molecule has 2 aromatic heterocycles. The second-order valence-corrected chi connectivity index (χ2v) is 14.1. The Kier molecular flexibility index (Phi) is 7.17. The van der Waals surface area contributed by atoms with Crippen molar-refractivity contribution in [1.82, 2.24) is 25.2 Å². The molecule has 8 nitrogen and oxygen atoms in total. The topological polar surface area (TPSA) is 75.6 Å². The second-order valence-electron chi connectivity index (χ2n) is 14.1. The lowest BCUT2D eigenvalue weighted by atomic mass is 9.95. The molecule has 1 N–H and O–H groups in total. The van der Waals surface area contributed by atoms with E-state index in [4.69, 9.17) is 30.8 Å². The summed E-state index contributed by atoms with van der Waals surface area (Å²) in [5.41, 5.74) is -0.0483. The number of alkyl halides is 1. The van der Waals surface area contributed by atoms with Crippen LogP contribution in [0.1, 0.15) is 56.9 Å². The fourth-order valence-corrected chi connectivity index (χ4v) is 9.05. The summed E-state index contributed by atoms with van der Waals surface area (Å²) in [6.07, 6.45) is 11.7. The zero-order valence-electron chi connectivity index (χ0n) is 26.7.